The molecular weight excluding hydrogens is 398 g/mol. The number of carbonyl (C=O) groups excluding carboxylic acids is 2. The average Bonchev–Trinajstić information content (AvgIpc) is 3.30. The van der Waals surface area contributed by atoms with Gasteiger partial charge in [-0.25, -0.2) is 5.43 Å². The van der Waals surface area contributed by atoms with Gasteiger partial charge in [0.1, 0.15) is 0 Å². The number of para-hydroxylation sites is 1. The summed E-state index contributed by atoms with van der Waals surface area (Å²) in [7, 11) is 0. The summed E-state index contributed by atoms with van der Waals surface area (Å²) in [6, 6.07) is 15.8. The van der Waals surface area contributed by atoms with Gasteiger partial charge in [0.05, 0.1) is 19.1 Å². The van der Waals surface area contributed by atoms with Crippen molar-refractivity contribution in [1.29, 1.82) is 0 Å². The van der Waals surface area contributed by atoms with E-state index in [0.29, 0.717) is 23.7 Å². The number of nitrogens with one attached hydrogen (secondary N) is 2. The van der Waals surface area contributed by atoms with Gasteiger partial charge in [0.2, 0.25) is 0 Å². The van der Waals surface area contributed by atoms with Crippen LogP contribution in [0.4, 0.5) is 5.69 Å². The molecule has 0 saturated heterocycles. The standard InChI is InChI=1S/C23H23N3O5/c1-3-29-21-13-17(14-24-26-23(28)20-9-6-12-30-20)10-11-19(21)31-15-22(27)25-18-8-5-4-7-16(18)2/h4-14H,3,15H2,1-2H3,(H,25,27)(H,26,28)/b24-14+. The second-order valence-corrected chi connectivity index (χ2v) is 6.47. The molecule has 2 aromatic carbocycles. The van der Waals surface area contributed by atoms with E-state index in [1.807, 2.05) is 38.1 Å². The molecule has 0 aliphatic carbocycles. The van der Waals surface area contributed by atoms with Crippen molar-refractivity contribution >= 4 is 23.7 Å². The lowest BCUT2D eigenvalue weighted by atomic mass is 10.2. The predicted octanol–water partition coefficient (Wildman–Crippen LogP) is 3.77. The molecule has 0 fully saturated rings. The first-order valence-corrected chi connectivity index (χ1v) is 9.69. The Morgan fingerprint density at radius 2 is 1.90 bits per heavy atom. The molecule has 0 spiro atoms. The molecule has 0 atom stereocenters. The van der Waals surface area contributed by atoms with E-state index in [2.05, 4.69) is 15.8 Å². The van der Waals surface area contributed by atoms with Gasteiger partial charge in [-0.05, 0) is 61.4 Å². The lowest BCUT2D eigenvalue weighted by Gasteiger charge is -2.13. The Labute approximate surface area is 179 Å². The number of aryl methyl sites for hydroxylation is 1. The molecule has 0 aliphatic heterocycles. The van der Waals surface area contributed by atoms with Gasteiger partial charge in [0, 0.05) is 5.69 Å². The van der Waals surface area contributed by atoms with Gasteiger partial charge in [-0.15, -0.1) is 0 Å². The first kappa shape index (κ1) is 21.6. The zero-order valence-electron chi connectivity index (χ0n) is 17.3. The van der Waals surface area contributed by atoms with Gasteiger partial charge in [0.15, 0.2) is 23.9 Å². The van der Waals surface area contributed by atoms with Crippen LogP contribution >= 0.6 is 0 Å². The highest BCUT2D eigenvalue weighted by molar-refractivity contribution is 5.93. The number of rotatable bonds is 9. The van der Waals surface area contributed by atoms with Crippen molar-refractivity contribution in [1.82, 2.24) is 5.43 Å². The normalized spacial score (nSPS) is 10.6. The van der Waals surface area contributed by atoms with E-state index < -0.39 is 5.91 Å². The molecule has 1 heterocycles. The number of hydrogen-bond donors (Lipinski definition) is 2. The lowest BCUT2D eigenvalue weighted by Crippen LogP contribution is -2.20. The van der Waals surface area contributed by atoms with Crippen molar-refractivity contribution in [2.24, 2.45) is 5.10 Å². The fraction of sp³-hybridized carbons (Fsp3) is 0.174. The molecular formula is C23H23N3O5. The number of hydrazone groups is 1. The number of carbonyl (C=O) groups is 2. The van der Waals surface area contributed by atoms with Crippen LogP contribution in [0.1, 0.15) is 28.6 Å². The van der Waals surface area contributed by atoms with Crippen molar-refractivity contribution in [2.75, 3.05) is 18.5 Å². The van der Waals surface area contributed by atoms with Crippen molar-refractivity contribution in [2.45, 2.75) is 13.8 Å². The number of benzene rings is 2. The van der Waals surface area contributed by atoms with Crippen molar-refractivity contribution in [3.8, 4) is 11.5 Å². The van der Waals surface area contributed by atoms with E-state index in [0.717, 1.165) is 11.3 Å². The molecule has 0 saturated carbocycles. The Kier molecular flexibility index (Phi) is 7.42. The number of nitrogens with zero attached hydrogens (tertiary/aromatic N) is 1. The molecule has 31 heavy (non-hydrogen) atoms. The van der Waals surface area contributed by atoms with Crippen LogP contribution in [-0.2, 0) is 4.79 Å². The van der Waals surface area contributed by atoms with Gasteiger partial charge in [0.25, 0.3) is 5.91 Å². The molecule has 3 rings (SSSR count). The van der Waals surface area contributed by atoms with Crippen LogP contribution in [0.5, 0.6) is 11.5 Å². The van der Waals surface area contributed by atoms with E-state index in [1.165, 1.54) is 12.5 Å². The van der Waals surface area contributed by atoms with Gasteiger partial charge < -0.3 is 19.2 Å². The number of ether oxygens (including phenoxy) is 2. The summed E-state index contributed by atoms with van der Waals surface area (Å²) in [4.78, 5) is 24.1. The minimum atomic E-state index is -0.453. The number of amides is 2. The summed E-state index contributed by atoms with van der Waals surface area (Å²) in [6.45, 7) is 4.02. The summed E-state index contributed by atoms with van der Waals surface area (Å²) >= 11 is 0. The first-order chi connectivity index (χ1) is 15.1. The third kappa shape index (κ3) is 6.20. The van der Waals surface area contributed by atoms with E-state index >= 15 is 0 Å². The SMILES string of the molecule is CCOc1cc(/C=N/NC(=O)c2ccco2)ccc1OCC(=O)Nc1ccccc1C. The average molecular weight is 421 g/mol. The highest BCUT2D eigenvalue weighted by Crippen LogP contribution is 2.28. The third-order valence-electron chi connectivity index (χ3n) is 4.17. The molecule has 0 aliphatic rings. The van der Waals surface area contributed by atoms with Gasteiger partial charge in [-0.1, -0.05) is 18.2 Å². The van der Waals surface area contributed by atoms with Crippen LogP contribution in [-0.4, -0.2) is 31.2 Å². The fourth-order valence-electron chi connectivity index (χ4n) is 2.66. The first-order valence-electron chi connectivity index (χ1n) is 9.69. The molecule has 1 aromatic heterocycles. The summed E-state index contributed by atoms with van der Waals surface area (Å²) in [5.41, 5.74) is 4.77. The minimum Gasteiger partial charge on any atom is -0.490 e. The van der Waals surface area contributed by atoms with Crippen LogP contribution in [0.25, 0.3) is 0 Å². The maximum atomic E-state index is 12.2. The predicted molar refractivity (Wildman–Crippen MR) is 117 cm³/mol. The molecule has 0 radical (unpaired) electrons. The van der Waals surface area contributed by atoms with Crippen LogP contribution in [0, 0.1) is 6.92 Å². The molecule has 160 valence electrons. The highest BCUT2D eigenvalue weighted by atomic mass is 16.5. The molecule has 3 aromatic rings. The molecule has 8 heteroatoms. The Morgan fingerprint density at radius 3 is 2.65 bits per heavy atom. The second-order valence-electron chi connectivity index (χ2n) is 6.47. The molecule has 2 N–H and O–H groups in total. The van der Waals surface area contributed by atoms with E-state index in [9.17, 15) is 9.59 Å². The Morgan fingerprint density at radius 1 is 1.06 bits per heavy atom. The topological polar surface area (TPSA) is 102 Å². The van der Waals surface area contributed by atoms with E-state index in [4.69, 9.17) is 13.9 Å². The largest absolute Gasteiger partial charge is 0.490 e. The van der Waals surface area contributed by atoms with Gasteiger partial charge >= 0.3 is 5.91 Å². The number of anilines is 1. The Hall–Kier alpha value is -4.07. The monoisotopic (exact) mass is 421 g/mol. The maximum absolute atomic E-state index is 12.2. The van der Waals surface area contributed by atoms with Crippen molar-refractivity contribution in [3.63, 3.8) is 0 Å². The molecule has 8 nitrogen and oxygen atoms in total. The van der Waals surface area contributed by atoms with Gasteiger partial charge in [-0.3, -0.25) is 9.59 Å². The number of hydrogen-bond acceptors (Lipinski definition) is 6. The Balaban J connectivity index is 1.60. The zero-order valence-corrected chi connectivity index (χ0v) is 17.3. The van der Waals surface area contributed by atoms with Crippen LogP contribution in [0.15, 0.2) is 70.4 Å². The van der Waals surface area contributed by atoms with Crippen molar-refractivity contribution in [3.05, 3.63) is 77.7 Å². The van der Waals surface area contributed by atoms with Gasteiger partial charge in [-0.2, -0.15) is 5.10 Å². The lowest BCUT2D eigenvalue weighted by molar-refractivity contribution is -0.118. The minimum absolute atomic E-state index is 0.166. The molecule has 0 bridgehead atoms. The maximum Gasteiger partial charge on any atom is 0.307 e. The number of furan rings is 1. The van der Waals surface area contributed by atoms with E-state index in [1.54, 1.807) is 30.3 Å². The fourth-order valence-corrected chi connectivity index (χ4v) is 2.66. The molecule has 2 amide bonds. The van der Waals surface area contributed by atoms with Crippen LogP contribution in [0.3, 0.4) is 0 Å². The third-order valence-corrected chi connectivity index (χ3v) is 4.17. The highest BCUT2D eigenvalue weighted by Gasteiger charge is 2.10. The van der Waals surface area contributed by atoms with Crippen LogP contribution < -0.4 is 20.2 Å². The second kappa shape index (κ2) is 10.6. The smallest absolute Gasteiger partial charge is 0.307 e. The summed E-state index contributed by atoms with van der Waals surface area (Å²) in [5, 5.41) is 6.73. The van der Waals surface area contributed by atoms with Crippen LogP contribution in [0.2, 0.25) is 0 Å². The van der Waals surface area contributed by atoms with Crippen molar-refractivity contribution < 1.29 is 23.5 Å². The summed E-state index contributed by atoms with van der Waals surface area (Å²) < 4.78 is 16.3. The van der Waals surface area contributed by atoms with E-state index in [-0.39, 0.29) is 18.3 Å². The summed E-state index contributed by atoms with van der Waals surface area (Å²) in [6.07, 6.45) is 2.88. The summed E-state index contributed by atoms with van der Waals surface area (Å²) in [5.74, 6) is 0.333. The Bertz CT molecular complexity index is 1060. The molecule has 0 unspecified atom stereocenters. The quantitative estimate of drug-likeness (QED) is 0.404. The zero-order chi connectivity index (χ0) is 22.1.